The number of amides is 3. The number of hydrogen-bond acceptors (Lipinski definition) is 5. The molecule has 2 aliphatic carbocycles. The summed E-state index contributed by atoms with van der Waals surface area (Å²) in [6, 6.07) is 5.46. The molecule has 0 radical (unpaired) electrons. The van der Waals surface area contributed by atoms with Gasteiger partial charge in [-0.15, -0.1) is 0 Å². The van der Waals surface area contributed by atoms with Crippen molar-refractivity contribution in [3.63, 3.8) is 0 Å². The summed E-state index contributed by atoms with van der Waals surface area (Å²) in [6.07, 6.45) is 11.1. The van der Waals surface area contributed by atoms with E-state index in [-0.39, 0.29) is 41.9 Å². The monoisotopic (exact) mass is 497 g/mol. The van der Waals surface area contributed by atoms with Gasteiger partial charge in [-0.25, -0.2) is 0 Å². The average molecular weight is 498 g/mol. The number of ether oxygens (including phenoxy) is 2. The van der Waals surface area contributed by atoms with Crippen molar-refractivity contribution in [1.82, 2.24) is 10.2 Å². The summed E-state index contributed by atoms with van der Waals surface area (Å²) in [4.78, 5) is 40.4. The summed E-state index contributed by atoms with van der Waals surface area (Å²) in [5, 5.41) is 6.16. The molecule has 8 nitrogen and oxygen atoms in total. The zero-order chi connectivity index (χ0) is 25.1. The van der Waals surface area contributed by atoms with Crippen LogP contribution in [-0.2, 0) is 14.3 Å². The molecular formula is C28H39N3O5. The third-order valence-electron chi connectivity index (χ3n) is 8.39. The van der Waals surface area contributed by atoms with Gasteiger partial charge in [-0.1, -0.05) is 32.1 Å². The molecule has 3 amide bonds. The Morgan fingerprint density at radius 3 is 2.53 bits per heavy atom. The number of carbonyl (C=O) groups is 3. The molecule has 5 rings (SSSR count). The fourth-order valence-electron chi connectivity index (χ4n) is 6.28. The molecule has 2 aliphatic heterocycles. The average Bonchev–Trinajstić information content (AvgIpc) is 3.40. The van der Waals surface area contributed by atoms with Crippen LogP contribution in [0.15, 0.2) is 18.2 Å². The van der Waals surface area contributed by atoms with Crippen molar-refractivity contribution in [3.05, 3.63) is 23.8 Å². The maximum atomic E-state index is 13.5. The van der Waals surface area contributed by atoms with E-state index in [2.05, 4.69) is 10.6 Å². The van der Waals surface area contributed by atoms with Gasteiger partial charge in [-0.3, -0.25) is 14.4 Å². The fraction of sp³-hybridized carbons (Fsp3) is 0.679. The Bertz CT molecular complexity index is 970. The minimum atomic E-state index is -0.296. The van der Waals surface area contributed by atoms with Crippen molar-refractivity contribution in [2.75, 3.05) is 19.0 Å². The molecule has 196 valence electrons. The second kappa shape index (κ2) is 11.2. The number of rotatable bonds is 5. The van der Waals surface area contributed by atoms with Gasteiger partial charge >= 0.3 is 0 Å². The Balaban J connectivity index is 1.22. The van der Waals surface area contributed by atoms with Crippen LogP contribution in [0.3, 0.4) is 0 Å². The van der Waals surface area contributed by atoms with Crippen LogP contribution in [-0.4, -0.2) is 60.6 Å². The standard InChI is InChI=1S/C28H39N3O5/c1-31-23-13-12-21(16-26(32)29-19-9-5-6-10-19)36-25(23)17-35-24-14-11-20(15-22(24)28(31)34)30-27(33)18-7-3-2-4-8-18/h11,14-15,18-19,21,23,25H,2-10,12-13,16-17H2,1H3,(H,29,32)(H,30,33)/t21-,23-,25+/m1/s1. The molecule has 4 aliphatic rings. The lowest BCUT2D eigenvalue weighted by molar-refractivity contribution is -0.134. The van der Waals surface area contributed by atoms with Gasteiger partial charge in [0, 0.05) is 24.7 Å². The first-order valence-electron chi connectivity index (χ1n) is 13.8. The highest BCUT2D eigenvalue weighted by molar-refractivity contribution is 6.00. The lowest BCUT2D eigenvalue weighted by Gasteiger charge is -2.42. The third kappa shape index (κ3) is 5.69. The molecule has 2 N–H and O–H groups in total. The number of carbonyl (C=O) groups excluding carboxylic acids is 3. The number of fused-ring (bicyclic) bond motifs is 2. The summed E-state index contributed by atoms with van der Waals surface area (Å²) in [5.41, 5.74) is 1.08. The van der Waals surface area contributed by atoms with Gasteiger partial charge in [-0.2, -0.15) is 0 Å². The van der Waals surface area contributed by atoms with Gasteiger partial charge in [0.15, 0.2) is 0 Å². The molecule has 8 heteroatoms. The summed E-state index contributed by atoms with van der Waals surface area (Å²) in [5.74, 6) is 0.476. The van der Waals surface area contributed by atoms with E-state index in [4.69, 9.17) is 9.47 Å². The summed E-state index contributed by atoms with van der Waals surface area (Å²) < 4.78 is 12.4. The lowest BCUT2D eigenvalue weighted by atomic mass is 9.88. The van der Waals surface area contributed by atoms with Crippen molar-refractivity contribution in [1.29, 1.82) is 0 Å². The van der Waals surface area contributed by atoms with Crippen molar-refractivity contribution in [2.45, 2.75) is 101 Å². The van der Waals surface area contributed by atoms with Crippen LogP contribution in [0, 0.1) is 5.92 Å². The second-order valence-corrected chi connectivity index (χ2v) is 11.0. The molecule has 1 aromatic carbocycles. The van der Waals surface area contributed by atoms with Crippen LogP contribution in [0.5, 0.6) is 5.75 Å². The van der Waals surface area contributed by atoms with E-state index in [0.29, 0.717) is 36.1 Å². The molecule has 3 atom stereocenters. The number of hydrogen-bond donors (Lipinski definition) is 2. The summed E-state index contributed by atoms with van der Waals surface area (Å²) >= 11 is 0. The van der Waals surface area contributed by atoms with E-state index in [1.165, 1.54) is 19.3 Å². The Labute approximate surface area is 213 Å². The van der Waals surface area contributed by atoms with Crippen LogP contribution < -0.4 is 15.4 Å². The first kappa shape index (κ1) is 25.1. The van der Waals surface area contributed by atoms with E-state index < -0.39 is 0 Å². The Hall–Kier alpha value is -2.61. The minimum Gasteiger partial charge on any atom is -0.490 e. The molecule has 2 heterocycles. The highest BCUT2D eigenvalue weighted by atomic mass is 16.5. The van der Waals surface area contributed by atoms with E-state index in [1.807, 2.05) is 0 Å². The lowest BCUT2D eigenvalue weighted by Crippen LogP contribution is -2.54. The molecule has 1 saturated heterocycles. The quantitative estimate of drug-likeness (QED) is 0.640. The third-order valence-corrected chi connectivity index (χ3v) is 8.39. The van der Waals surface area contributed by atoms with E-state index in [9.17, 15) is 14.4 Å². The zero-order valence-electron chi connectivity index (χ0n) is 21.3. The maximum Gasteiger partial charge on any atom is 0.257 e. The largest absolute Gasteiger partial charge is 0.490 e. The molecule has 3 fully saturated rings. The van der Waals surface area contributed by atoms with Crippen molar-refractivity contribution in [3.8, 4) is 5.75 Å². The van der Waals surface area contributed by atoms with Crippen molar-refractivity contribution >= 4 is 23.4 Å². The first-order valence-corrected chi connectivity index (χ1v) is 13.8. The topological polar surface area (TPSA) is 97.0 Å². The van der Waals surface area contributed by atoms with Gasteiger partial charge < -0.3 is 25.0 Å². The van der Waals surface area contributed by atoms with Crippen LogP contribution in [0.4, 0.5) is 5.69 Å². The molecule has 0 spiro atoms. The van der Waals surface area contributed by atoms with Crippen molar-refractivity contribution in [2.24, 2.45) is 5.92 Å². The molecule has 36 heavy (non-hydrogen) atoms. The molecule has 0 unspecified atom stereocenters. The predicted octanol–water partition coefficient (Wildman–Crippen LogP) is 4.03. The number of nitrogens with one attached hydrogen (secondary N) is 2. The number of benzene rings is 1. The van der Waals surface area contributed by atoms with E-state index in [0.717, 1.165) is 51.4 Å². The number of likely N-dealkylation sites (N-methyl/N-ethyl adjacent to an activating group) is 1. The molecule has 0 aromatic heterocycles. The van der Waals surface area contributed by atoms with Gasteiger partial charge in [0.2, 0.25) is 11.8 Å². The van der Waals surface area contributed by atoms with Crippen molar-refractivity contribution < 1.29 is 23.9 Å². The van der Waals surface area contributed by atoms with Crippen LogP contribution in [0.1, 0.15) is 87.4 Å². The Morgan fingerprint density at radius 2 is 1.75 bits per heavy atom. The SMILES string of the molecule is CN1C(=O)c2cc(NC(=O)C3CCCCC3)ccc2OC[C@@H]2O[C@@H](CC(=O)NC3CCCC3)CC[C@H]21. The van der Waals surface area contributed by atoms with Crippen LogP contribution in [0.25, 0.3) is 0 Å². The predicted molar refractivity (Wildman–Crippen MR) is 136 cm³/mol. The van der Waals surface area contributed by atoms with Crippen LogP contribution in [0.2, 0.25) is 0 Å². The van der Waals surface area contributed by atoms with Crippen LogP contribution >= 0.6 is 0 Å². The highest BCUT2D eigenvalue weighted by Gasteiger charge is 2.39. The van der Waals surface area contributed by atoms with Gasteiger partial charge in [0.1, 0.15) is 18.5 Å². The minimum absolute atomic E-state index is 0.0333. The normalized spacial score (nSPS) is 27.3. The van der Waals surface area contributed by atoms with Gasteiger partial charge in [0.05, 0.1) is 24.1 Å². The fourth-order valence-corrected chi connectivity index (χ4v) is 6.28. The number of anilines is 1. The second-order valence-electron chi connectivity index (χ2n) is 11.0. The summed E-state index contributed by atoms with van der Waals surface area (Å²) in [7, 11) is 1.80. The van der Waals surface area contributed by atoms with Gasteiger partial charge in [0.25, 0.3) is 5.91 Å². The van der Waals surface area contributed by atoms with E-state index >= 15 is 0 Å². The van der Waals surface area contributed by atoms with Gasteiger partial charge in [-0.05, 0) is 56.7 Å². The first-order chi connectivity index (χ1) is 17.5. The molecule has 0 bridgehead atoms. The highest BCUT2D eigenvalue weighted by Crippen LogP contribution is 2.33. The zero-order valence-corrected chi connectivity index (χ0v) is 21.3. The summed E-state index contributed by atoms with van der Waals surface area (Å²) in [6.45, 7) is 0.309. The molecular weight excluding hydrogens is 458 g/mol. The smallest absolute Gasteiger partial charge is 0.257 e. The molecule has 1 aromatic rings. The maximum absolute atomic E-state index is 13.5. The number of nitrogens with zero attached hydrogens (tertiary/aromatic N) is 1. The Morgan fingerprint density at radius 1 is 1.00 bits per heavy atom. The Kier molecular flexibility index (Phi) is 7.79. The molecule has 2 saturated carbocycles. The van der Waals surface area contributed by atoms with E-state index in [1.54, 1.807) is 30.1 Å².